The number of carboxylic acid groups (broad SMARTS) is 1. The summed E-state index contributed by atoms with van der Waals surface area (Å²) in [6, 6.07) is 0. The van der Waals surface area contributed by atoms with Gasteiger partial charge in [0.25, 0.3) is 0 Å². The van der Waals surface area contributed by atoms with E-state index in [9.17, 15) is 14.7 Å². The molecule has 2 atom stereocenters. The van der Waals surface area contributed by atoms with Crippen molar-refractivity contribution in [3.05, 3.63) is 0 Å². The third kappa shape index (κ3) is 7.74. The fraction of sp³-hybridized carbons (Fsp3) is 0.895. The van der Waals surface area contributed by atoms with Crippen molar-refractivity contribution >= 4 is 11.9 Å². The lowest BCUT2D eigenvalue weighted by molar-refractivity contribution is -0.143. The molecule has 0 spiro atoms. The Hall–Kier alpha value is -1.14. The Balaban J connectivity index is 2.66. The molecule has 1 aliphatic rings. The predicted molar refractivity (Wildman–Crippen MR) is 101 cm³/mol. The number of carboxylic acids is 1. The van der Waals surface area contributed by atoms with Crippen molar-refractivity contribution in [2.45, 2.75) is 40.0 Å². The van der Waals surface area contributed by atoms with E-state index >= 15 is 0 Å². The standard InChI is InChI=1S/C19H37N3O3/c1-19(2,3)18(25)22-10-8-15(13-17(23)24)16(14-22)7-9-21(6)12-11-20(4)5/h15-16H,7-14H2,1-6H3,(H,23,24). The molecule has 0 aliphatic carbocycles. The molecular formula is C19H37N3O3. The molecule has 6 nitrogen and oxygen atoms in total. The van der Waals surface area contributed by atoms with E-state index in [1.54, 1.807) is 0 Å². The summed E-state index contributed by atoms with van der Waals surface area (Å²) in [6.07, 6.45) is 1.94. The van der Waals surface area contributed by atoms with Gasteiger partial charge in [-0.15, -0.1) is 0 Å². The number of likely N-dealkylation sites (tertiary alicyclic amines) is 1. The highest BCUT2D eigenvalue weighted by atomic mass is 16.4. The van der Waals surface area contributed by atoms with Crippen molar-refractivity contribution in [2.24, 2.45) is 17.3 Å². The molecule has 0 aromatic rings. The normalized spacial score (nSPS) is 21.8. The van der Waals surface area contributed by atoms with Gasteiger partial charge in [0.2, 0.25) is 5.91 Å². The number of hydrogen-bond donors (Lipinski definition) is 1. The first-order valence-electron chi connectivity index (χ1n) is 9.35. The zero-order chi connectivity index (χ0) is 19.2. The average molecular weight is 356 g/mol. The average Bonchev–Trinajstić information content (AvgIpc) is 2.49. The first-order chi connectivity index (χ1) is 11.5. The summed E-state index contributed by atoms with van der Waals surface area (Å²) in [7, 11) is 6.23. The molecule has 0 bridgehead atoms. The molecule has 1 N–H and O–H groups in total. The lowest BCUT2D eigenvalue weighted by Gasteiger charge is -2.41. The molecule has 1 fully saturated rings. The van der Waals surface area contributed by atoms with Gasteiger partial charge in [-0.3, -0.25) is 9.59 Å². The third-order valence-corrected chi connectivity index (χ3v) is 5.07. The van der Waals surface area contributed by atoms with Crippen LogP contribution >= 0.6 is 0 Å². The Morgan fingerprint density at radius 2 is 1.72 bits per heavy atom. The summed E-state index contributed by atoms with van der Waals surface area (Å²) in [4.78, 5) is 30.2. The van der Waals surface area contributed by atoms with E-state index in [1.165, 1.54) is 0 Å². The van der Waals surface area contributed by atoms with E-state index in [-0.39, 0.29) is 29.6 Å². The fourth-order valence-corrected chi connectivity index (χ4v) is 3.43. The zero-order valence-corrected chi connectivity index (χ0v) is 16.9. The van der Waals surface area contributed by atoms with Crippen molar-refractivity contribution in [3.8, 4) is 0 Å². The maximum atomic E-state index is 12.6. The number of aliphatic carboxylic acids is 1. The van der Waals surface area contributed by atoms with Crippen LogP contribution in [0, 0.1) is 17.3 Å². The fourth-order valence-electron chi connectivity index (χ4n) is 3.43. The van der Waals surface area contributed by atoms with Gasteiger partial charge in [-0.1, -0.05) is 20.8 Å². The van der Waals surface area contributed by atoms with Crippen molar-refractivity contribution in [3.63, 3.8) is 0 Å². The van der Waals surface area contributed by atoms with Crippen LogP contribution in [0.3, 0.4) is 0 Å². The summed E-state index contributed by atoms with van der Waals surface area (Å²) in [5.41, 5.74) is -0.382. The van der Waals surface area contributed by atoms with E-state index in [1.807, 2.05) is 25.7 Å². The van der Waals surface area contributed by atoms with Gasteiger partial charge in [-0.05, 0) is 52.4 Å². The Labute approximate surface area is 153 Å². The van der Waals surface area contributed by atoms with Gasteiger partial charge in [-0.2, -0.15) is 0 Å². The molecule has 2 unspecified atom stereocenters. The van der Waals surface area contributed by atoms with E-state index in [0.717, 1.165) is 32.5 Å². The van der Waals surface area contributed by atoms with Crippen LogP contribution in [0.4, 0.5) is 0 Å². The molecule has 6 heteroatoms. The molecule has 0 aromatic heterocycles. The second kappa shape index (κ2) is 9.53. The second-order valence-corrected chi connectivity index (χ2v) is 8.80. The Morgan fingerprint density at radius 1 is 1.08 bits per heavy atom. The molecule has 0 aromatic carbocycles. The van der Waals surface area contributed by atoms with Crippen LogP contribution in [0.2, 0.25) is 0 Å². The van der Waals surface area contributed by atoms with Crippen LogP contribution < -0.4 is 0 Å². The van der Waals surface area contributed by atoms with Crippen molar-refractivity contribution in [1.82, 2.24) is 14.7 Å². The molecule has 146 valence electrons. The molecule has 0 saturated carbocycles. The summed E-state index contributed by atoms with van der Waals surface area (Å²) >= 11 is 0. The number of likely N-dealkylation sites (N-methyl/N-ethyl adjacent to an activating group) is 2. The minimum absolute atomic E-state index is 0.170. The zero-order valence-electron chi connectivity index (χ0n) is 16.9. The molecule has 1 amide bonds. The summed E-state index contributed by atoms with van der Waals surface area (Å²) in [5.74, 6) is -0.125. The van der Waals surface area contributed by atoms with Gasteiger partial charge in [-0.25, -0.2) is 0 Å². The van der Waals surface area contributed by atoms with Gasteiger partial charge in [0.1, 0.15) is 0 Å². The maximum absolute atomic E-state index is 12.6. The number of rotatable bonds is 8. The summed E-state index contributed by atoms with van der Waals surface area (Å²) in [5, 5.41) is 9.21. The summed E-state index contributed by atoms with van der Waals surface area (Å²) < 4.78 is 0. The van der Waals surface area contributed by atoms with Gasteiger partial charge in [0, 0.05) is 38.0 Å². The van der Waals surface area contributed by atoms with Gasteiger partial charge in [0.15, 0.2) is 0 Å². The largest absolute Gasteiger partial charge is 0.481 e. The monoisotopic (exact) mass is 355 g/mol. The Kier molecular flexibility index (Phi) is 8.35. The maximum Gasteiger partial charge on any atom is 0.303 e. The highest BCUT2D eigenvalue weighted by molar-refractivity contribution is 5.81. The van der Waals surface area contributed by atoms with Crippen LogP contribution in [0.5, 0.6) is 0 Å². The number of nitrogens with zero attached hydrogens (tertiary/aromatic N) is 3. The molecule has 0 radical (unpaired) electrons. The lowest BCUT2D eigenvalue weighted by Crippen LogP contribution is -2.48. The lowest BCUT2D eigenvalue weighted by atomic mass is 9.80. The number of carbonyl (C=O) groups is 2. The molecule has 1 aliphatic heterocycles. The van der Waals surface area contributed by atoms with Gasteiger partial charge in [0.05, 0.1) is 0 Å². The van der Waals surface area contributed by atoms with E-state index < -0.39 is 5.97 Å². The molecule has 1 saturated heterocycles. The van der Waals surface area contributed by atoms with Crippen LogP contribution in [-0.4, -0.2) is 85.5 Å². The highest BCUT2D eigenvalue weighted by Gasteiger charge is 2.36. The van der Waals surface area contributed by atoms with Gasteiger partial charge < -0.3 is 19.8 Å². The van der Waals surface area contributed by atoms with E-state index in [2.05, 4.69) is 30.9 Å². The van der Waals surface area contributed by atoms with Crippen LogP contribution in [0.1, 0.15) is 40.0 Å². The minimum atomic E-state index is -0.730. The molecule has 25 heavy (non-hydrogen) atoms. The number of hydrogen-bond acceptors (Lipinski definition) is 4. The van der Waals surface area contributed by atoms with Crippen molar-refractivity contribution < 1.29 is 14.7 Å². The topological polar surface area (TPSA) is 64.1 Å². The Bertz CT molecular complexity index is 446. The van der Waals surface area contributed by atoms with Crippen molar-refractivity contribution in [1.29, 1.82) is 0 Å². The minimum Gasteiger partial charge on any atom is -0.481 e. The summed E-state index contributed by atoms with van der Waals surface area (Å²) in [6.45, 7) is 10.2. The molecule has 1 heterocycles. The van der Waals surface area contributed by atoms with Crippen LogP contribution in [0.15, 0.2) is 0 Å². The first kappa shape index (κ1) is 21.9. The second-order valence-electron chi connectivity index (χ2n) is 8.80. The van der Waals surface area contributed by atoms with Crippen molar-refractivity contribution in [2.75, 3.05) is 53.9 Å². The van der Waals surface area contributed by atoms with E-state index in [0.29, 0.717) is 13.1 Å². The quantitative estimate of drug-likeness (QED) is 0.720. The highest BCUT2D eigenvalue weighted by Crippen LogP contribution is 2.31. The van der Waals surface area contributed by atoms with Gasteiger partial charge >= 0.3 is 5.97 Å². The Morgan fingerprint density at radius 3 is 2.24 bits per heavy atom. The number of amides is 1. The molecular weight excluding hydrogens is 318 g/mol. The molecule has 1 rings (SSSR count). The first-order valence-corrected chi connectivity index (χ1v) is 9.35. The SMILES string of the molecule is CN(C)CCN(C)CCC1CN(C(=O)C(C)(C)C)CCC1CC(=O)O. The number of carbonyl (C=O) groups excluding carboxylic acids is 1. The predicted octanol–water partition coefficient (Wildman–Crippen LogP) is 1.86. The van der Waals surface area contributed by atoms with Crippen LogP contribution in [0.25, 0.3) is 0 Å². The van der Waals surface area contributed by atoms with E-state index in [4.69, 9.17) is 0 Å². The smallest absolute Gasteiger partial charge is 0.303 e. The third-order valence-electron chi connectivity index (χ3n) is 5.07. The number of piperidine rings is 1. The van der Waals surface area contributed by atoms with Crippen LogP contribution in [-0.2, 0) is 9.59 Å².